The second kappa shape index (κ2) is 3.34. The van der Waals surface area contributed by atoms with Crippen LogP contribution in [0.2, 0.25) is 0 Å². The van der Waals surface area contributed by atoms with Crippen molar-refractivity contribution in [1.82, 2.24) is 0 Å². The van der Waals surface area contributed by atoms with E-state index in [4.69, 9.17) is 0 Å². The Morgan fingerprint density at radius 3 is 1.74 bits per heavy atom. The first-order valence-corrected chi connectivity index (χ1v) is 9.24. The third kappa shape index (κ3) is 0.922. The van der Waals surface area contributed by atoms with Gasteiger partial charge in [0.1, 0.15) is 0 Å². The second-order valence-corrected chi connectivity index (χ2v) is 9.05. The van der Waals surface area contributed by atoms with E-state index in [1.165, 1.54) is 17.6 Å². The van der Waals surface area contributed by atoms with Crippen LogP contribution >= 0.6 is 0 Å². The average molecular weight is 298 g/mol. The summed E-state index contributed by atoms with van der Waals surface area (Å²) < 4.78 is 0. The zero-order valence-corrected chi connectivity index (χ0v) is 12.8. The van der Waals surface area contributed by atoms with E-state index in [0.717, 1.165) is 35.5 Å². The molecule has 0 aromatic rings. The van der Waals surface area contributed by atoms with E-state index in [2.05, 4.69) is 24.3 Å². The van der Waals surface area contributed by atoms with Crippen LogP contribution in [0.1, 0.15) is 6.42 Å². The summed E-state index contributed by atoms with van der Waals surface area (Å²) in [5.74, 6) is 9.24. The third-order valence-electron chi connectivity index (χ3n) is 9.30. The normalized spacial score (nSPS) is 66.9. The van der Waals surface area contributed by atoms with Crippen LogP contribution in [0, 0.1) is 93.7 Å². The van der Waals surface area contributed by atoms with Crippen molar-refractivity contribution >= 4 is 0 Å². The molecule has 7 aliphatic rings. The van der Waals surface area contributed by atoms with Gasteiger partial charge in [-0.2, -0.15) is 10.5 Å². The largest absolute Gasteiger partial charge is 0.193 e. The van der Waals surface area contributed by atoms with Crippen molar-refractivity contribution in [1.29, 1.82) is 10.5 Å². The minimum Gasteiger partial charge on any atom is -0.193 e. The van der Waals surface area contributed by atoms with Gasteiger partial charge in [-0.3, -0.25) is 0 Å². The van der Waals surface area contributed by atoms with Gasteiger partial charge in [-0.05, 0) is 77.4 Å². The number of rotatable bonds is 0. The van der Waals surface area contributed by atoms with E-state index in [-0.39, 0.29) is 0 Å². The van der Waals surface area contributed by atoms with Crippen molar-refractivity contribution < 1.29 is 0 Å². The summed E-state index contributed by atoms with van der Waals surface area (Å²) in [5, 5.41) is 18.7. The standard InChI is InChI=1S/C21H18N2/c22-5-3-8-12-7-13-9(4-6-23)15-11-2-1-10-14(8)19-17(12)18(13)20(15)21(19)16(10)11/h1-4,10-21H,7H2/b8-3+,9-4+/t10-,11+,12+,13-,14-,15-,16?,17+,18-,19-,20+,21?/m1/s1. The lowest BCUT2D eigenvalue weighted by atomic mass is 9.76. The van der Waals surface area contributed by atoms with Crippen LogP contribution in [0.5, 0.6) is 0 Å². The SMILES string of the molecule is N#C/C=C1/[C@H]2[C@@H]3C4C5[C@H]2C=C[C@@H]5[C@H]2/C(=C/C#N)[C@@H]5C[C@H]1[C@@H]3[C@H]5[C@H]42. The molecule has 0 heterocycles. The lowest BCUT2D eigenvalue weighted by Crippen LogP contribution is -2.21. The molecule has 12 atom stereocenters. The van der Waals surface area contributed by atoms with Crippen LogP contribution in [0.4, 0.5) is 0 Å². The van der Waals surface area contributed by atoms with Crippen LogP contribution in [-0.4, -0.2) is 0 Å². The monoisotopic (exact) mass is 298 g/mol. The zero-order valence-electron chi connectivity index (χ0n) is 12.8. The first-order valence-electron chi connectivity index (χ1n) is 9.24. The summed E-state index contributed by atoms with van der Waals surface area (Å²) in [6, 6.07) is 4.76. The maximum Gasteiger partial charge on any atom is 0.0911 e. The van der Waals surface area contributed by atoms with Gasteiger partial charge in [0.2, 0.25) is 0 Å². The molecule has 2 heteroatoms. The molecule has 0 aromatic heterocycles. The number of nitrogens with zero attached hydrogens (tertiary/aromatic N) is 2. The minimum atomic E-state index is 0.654. The van der Waals surface area contributed by atoms with Gasteiger partial charge in [-0.1, -0.05) is 23.3 Å². The molecule has 2 unspecified atom stereocenters. The first kappa shape index (κ1) is 11.7. The lowest BCUT2D eigenvalue weighted by molar-refractivity contribution is 0.294. The summed E-state index contributed by atoms with van der Waals surface area (Å²) in [7, 11) is 0. The van der Waals surface area contributed by atoms with Crippen LogP contribution < -0.4 is 0 Å². The highest BCUT2D eigenvalue weighted by atomic mass is 14.8. The molecule has 0 bridgehead atoms. The molecule has 0 saturated heterocycles. The van der Waals surface area contributed by atoms with Crippen molar-refractivity contribution in [2.45, 2.75) is 6.42 Å². The van der Waals surface area contributed by atoms with Gasteiger partial charge >= 0.3 is 0 Å². The lowest BCUT2D eigenvalue weighted by Gasteiger charge is -2.27. The summed E-state index contributed by atoms with van der Waals surface area (Å²) in [5.41, 5.74) is 3.01. The van der Waals surface area contributed by atoms with Crippen molar-refractivity contribution in [3.05, 3.63) is 35.5 Å². The Morgan fingerprint density at radius 2 is 1.26 bits per heavy atom. The summed E-state index contributed by atoms with van der Waals surface area (Å²) in [4.78, 5) is 0. The fourth-order valence-corrected chi connectivity index (χ4v) is 9.58. The Bertz CT molecular complexity index is 767. The van der Waals surface area contributed by atoms with Gasteiger partial charge in [0.05, 0.1) is 12.1 Å². The topological polar surface area (TPSA) is 47.6 Å². The molecule has 0 radical (unpaired) electrons. The van der Waals surface area contributed by atoms with E-state index < -0.39 is 0 Å². The molecule has 2 nitrogen and oxygen atoms in total. The molecule has 0 amide bonds. The molecule has 6 fully saturated rings. The van der Waals surface area contributed by atoms with E-state index in [0.29, 0.717) is 35.5 Å². The van der Waals surface area contributed by atoms with Crippen molar-refractivity contribution in [3.8, 4) is 12.1 Å². The van der Waals surface area contributed by atoms with E-state index in [1.807, 2.05) is 12.2 Å². The Hall–Kier alpha value is -1.80. The predicted molar refractivity (Wildman–Crippen MR) is 83.0 cm³/mol. The fourth-order valence-electron chi connectivity index (χ4n) is 9.58. The predicted octanol–water partition coefficient (Wildman–Crippen LogP) is 3.32. The summed E-state index contributed by atoms with van der Waals surface area (Å²) >= 11 is 0. The van der Waals surface area contributed by atoms with Crippen LogP contribution in [-0.2, 0) is 0 Å². The number of hydrogen-bond acceptors (Lipinski definition) is 2. The molecule has 0 aromatic carbocycles. The molecule has 0 aliphatic heterocycles. The first-order chi connectivity index (χ1) is 11.4. The minimum absolute atomic E-state index is 0.654. The highest BCUT2D eigenvalue weighted by Gasteiger charge is 2.80. The van der Waals surface area contributed by atoms with E-state index >= 15 is 0 Å². The number of hydrogen-bond donors (Lipinski definition) is 0. The highest BCUT2D eigenvalue weighted by Crippen LogP contribution is 2.85. The van der Waals surface area contributed by atoms with Crippen LogP contribution in [0.3, 0.4) is 0 Å². The van der Waals surface area contributed by atoms with E-state index in [1.54, 1.807) is 0 Å². The number of fused-ring (bicyclic) bond motifs is 2. The van der Waals surface area contributed by atoms with Gasteiger partial charge in [0.15, 0.2) is 0 Å². The number of nitriles is 2. The third-order valence-corrected chi connectivity index (χ3v) is 9.30. The molecule has 7 rings (SSSR count). The van der Waals surface area contributed by atoms with Gasteiger partial charge < -0.3 is 0 Å². The smallest absolute Gasteiger partial charge is 0.0911 e. The van der Waals surface area contributed by atoms with Gasteiger partial charge in [0.25, 0.3) is 0 Å². The van der Waals surface area contributed by atoms with Crippen LogP contribution in [0.25, 0.3) is 0 Å². The van der Waals surface area contributed by atoms with Crippen molar-refractivity contribution in [2.75, 3.05) is 0 Å². The molecule has 23 heavy (non-hydrogen) atoms. The Kier molecular flexibility index (Phi) is 1.70. The van der Waals surface area contributed by atoms with Crippen molar-refractivity contribution in [3.63, 3.8) is 0 Å². The molecule has 112 valence electrons. The maximum absolute atomic E-state index is 9.36. The van der Waals surface area contributed by atoms with Crippen molar-refractivity contribution in [2.24, 2.45) is 71.0 Å². The molecule has 0 N–H and O–H groups in total. The average Bonchev–Trinajstić information content (AvgIpc) is 3.28. The molecular weight excluding hydrogens is 280 g/mol. The zero-order chi connectivity index (χ0) is 15.0. The summed E-state index contributed by atoms with van der Waals surface area (Å²) in [6.45, 7) is 0. The second-order valence-electron chi connectivity index (χ2n) is 9.05. The van der Waals surface area contributed by atoms with Crippen LogP contribution in [0.15, 0.2) is 35.5 Å². The van der Waals surface area contributed by atoms with Gasteiger partial charge in [-0.15, -0.1) is 0 Å². The number of allylic oxidation sites excluding steroid dienone is 6. The van der Waals surface area contributed by atoms with E-state index in [9.17, 15) is 10.5 Å². The Balaban J connectivity index is 1.54. The summed E-state index contributed by atoms with van der Waals surface area (Å²) in [6.07, 6.45) is 10.1. The quantitative estimate of drug-likeness (QED) is 0.509. The highest BCUT2D eigenvalue weighted by molar-refractivity contribution is 5.47. The molecule has 7 aliphatic carbocycles. The molecule has 6 saturated carbocycles. The fraction of sp³-hybridized carbons (Fsp3) is 0.619. The molecular formula is C21H18N2. The maximum atomic E-state index is 9.36. The molecule has 0 spiro atoms. The Morgan fingerprint density at radius 1 is 0.739 bits per heavy atom. The Labute approximate surface area is 136 Å². The van der Waals surface area contributed by atoms with Gasteiger partial charge in [0, 0.05) is 12.2 Å². The van der Waals surface area contributed by atoms with Gasteiger partial charge in [-0.25, -0.2) is 0 Å².